The van der Waals surface area contributed by atoms with Gasteiger partial charge in [-0.25, -0.2) is 18.1 Å². The van der Waals surface area contributed by atoms with Gasteiger partial charge in [-0.1, -0.05) is 0 Å². The molecule has 0 fully saturated rings. The zero-order valence-electron chi connectivity index (χ0n) is 12.0. The molecule has 0 aliphatic heterocycles. The normalized spacial score (nSPS) is 11.3. The summed E-state index contributed by atoms with van der Waals surface area (Å²) >= 11 is 0. The third-order valence-corrected chi connectivity index (χ3v) is 4.39. The van der Waals surface area contributed by atoms with Crippen molar-refractivity contribution in [3.05, 3.63) is 47.9 Å². The van der Waals surface area contributed by atoms with Crippen molar-refractivity contribution in [3.8, 4) is 0 Å². The van der Waals surface area contributed by atoms with Gasteiger partial charge >= 0.3 is 0 Å². The highest BCUT2D eigenvalue weighted by Crippen LogP contribution is 2.13. The molecule has 2 aromatic rings. The summed E-state index contributed by atoms with van der Waals surface area (Å²) in [6, 6.07) is 4.79. The molecule has 0 unspecified atom stereocenters. The third kappa shape index (κ3) is 3.99. The van der Waals surface area contributed by atoms with E-state index in [1.807, 2.05) is 13.8 Å². The van der Waals surface area contributed by atoms with Crippen molar-refractivity contribution >= 4 is 15.8 Å². The van der Waals surface area contributed by atoms with E-state index in [0.29, 0.717) is 12.4 Å². The number of anilines is 1. The summed E-state index contributed by atoms with van der Waals surface area (Å²) in [4.78, 5) is 8.24. The van der Waals surface area contributed by atoms with Crippen LogP contribution in [0.1, 0.15) is 18.1 Å². The minimum absolute atomic E-state index is 0.195. The molecule has 0 bridgehead atoms. The fraction of sp³-hybridized carbons (Fsp3) is 0.286. The molecule has 2 N–H and O–H groups in total. The maximum absolute atomic E-state index is 12.3. The third-order valence-electron chi connectivity index (χ3n) is 2.99. The van der Waals surface area contributed by atoms with Crippen LogP contribution in [0.4, 0.5) is 5.82 Å². The van der Waals surface area contributed by atoms with Crippen molar-refractivity contribution in [2.45, 2.75) is 25.3 Å². The van der Waals surface area contributed by atoms with Gasteiger partial charge in [-0.2, -0.15) is 0 Å². The second-order valence-electron chi connectivity index (χ2n) is 4.53. The van der Waals surface area contributed by atoms with Crippen LogP contribution in [-0.4, -0.2) is 24.9 Å². The molecule has 0 aliphatic carbocycles. The Kier molecular flexibility index (Phi) is 4.87. The number of hydrogen-bond donors (Lipinski definition) is 2. The number of sulfonamides is 1. The number of aromatic nitrogens is 2. The monoisotopic (exact) mass is 306 g/mol. The first kappa shape index (κ1) is 15.4. The standard InChI is InChI=1S/C14H18N4O2S/c1-3-16-14-8-13(5-7-17-14)21(19,20)18-10-12-4-6-15-9-11(12)2/h4-9,18H,3,10H2,1-2H3,(H,16,17). The van der Waals surface area contributed by atoms with Crippen molar-refractivity contribution in [3.63, 3.8) is 0 Å². The van der Waals surface area contributed by atoms with Gasteiger partial charge < -0.3 is 5.32 Å². The van der Waals surface area contributed by atoms with E-state index in [-0.39, 0.29) is 11.4 Å². The van der Waals surface area contributed by atoms with Crippen LogP contribution >= 0.6 is 0 Å². The first-order valence-electron chi connectivity index (χ1n) is 6.62. The van der Waals surface area contributed by atoms with Crippen LogP contribution in [0.3, 0.4) is 0 Å². The lowest BCUT2D eigenvalue weighted by molar-refractivity contribution is 0.581. The average molecular weight is 306 g/mol. The van der Waals surface area contributed by atoms with Crippen molar-refractivity contribution < 1.29 is 8.42 Å². The number of nitrogens with zero attached hydrogens (tertiary/aromatic N) is 2. The lowest BCUT2D eigenvalue weighted by atomic mass is 10.2. The van der Waals surface area contributed by atoms with Crippen LogP contribution in [0.15, 0.2) is 41.7 Å². The molecule has 0 amide bonds. The van der Waals surface area contributed by atoms with Crippen LogP contribution in [0, 0.1) is 6.92 Å². The quantitative estimate of drug-likeness (QED) is 0.848. The molecule has 0 aliphatic rings. The van der Waals surface area contributed by atoms with Gasteiger partial charge in [0.15, 0.2) is 0 Å². The van der Waals surface area contributed by atoms with E-state index in [2.05, 4.69) is 20.0 Å². The van der Waals surface area contributed by atoms with Crippen molar-refractivity contribution in [2.75, 3.05) is 11.9 Å². The maximum Gasteiger partial charge on any atom is 0.241 e. The molecule has 112 valence electrons. The van der Waals surface area contributed by atoms with Crippen LogP contribution in [0.25, 0.3) is 0 Å². The van der Waals surface area contributed by atoms with Gasteiger partial charge in [-0.05, 0) is 37.1 Å². The predicted octanol–water partition coefficient (Wildman–Crippen LogP) is 1.70. The number of aryl methyl sites for hydroxylation is 1. The van der Waals surface area contributed by atoms with Gasteiger partial charge in [-0.15, -0.1) is 0 Å². The Morgan fingerprint density at radius 1 is 1.24 bits per heavy atom. The van der Waals surface area contributed by atoms with Gasteiger partial charge in [0.2, 0.25) is 10.0 Å². The van der Waals surface area contributed by atoms with Crippen molar-refractivity contribution in [1.82, 2.24) is 14.7 Å². The van der Waals surface area contributed by atoms with E-state index in [1.165, 1.54) is 18.3 Å². The van der Waals surface area contributed by atoms with E-state index in [9.17, 15) is 8.42 Å². The molecule has 0 aromatic carbocycles. The van der Waals surface area contributed by atoms with Crippen LogP contribution < -0.4 is 10.0 Å². The molecule has 0 saturated heterocycles. The molecular formula is C14H18N4O2S. The Morgan fingerprint density at radius 2 is 2.05 bits per heavy atom. The summed E-state index contributed by atoms with van der Waals surface area (Å²) < 4.78 is 27.2. The molecular weight excluding hydrogens is 288 g/mol. The van der Waals surface area contributed by atoms with Gasteiger partial charge in [0.25, 0.3) is 0 Å². The fourth-order valence-corrected chi connectivity index (χ4v) is 2.83. The summed E-state index contributed by atoms with van der Waals surface area (Å²) in [5.74, 6) is 0.542. The number of nitrogens with one attached hydrogen (secondary N) is 2. The minimum atomic E-state index is -3.57. The molecule has 0 atom stereocenters. The zero-order valence-corrected chi connectivity index (χ0v) is 12.8. The lowest BCUT2D eigenvalue weighted by Crippen LogP contribution is -2.23. The Bertz CT molecular complexity index is 716. The van der Waals surface area contributed by atoms with Crippen LogP contribution in [0.5, 0.6) is 0 Å². The molecule has 2 aromatic heterocycles. The largest absolute Gasteiger partial charge is 0.370 e. The van der Waals surface area contributed by atoms with Gasteiger partial charge in [0, 0.05) is 37.7 Å². The number of hydrogen-bond acceptors (Lipinski definition) is 5. The first-order valence-corrected chi connectivity index (χ1v) is 8.10. The SMILES string of the molecule is CCNc1cc(S(=O)(=O)NCc2ccncc2C)ccn1. The molecule has 0 spiro atoms. The fourth-order valence-electron chi connectivity index (χ4n) is 1.81. The van der Waals surface area contributed by atoms with E-state index in [1.54, 1.807) is 18.5 Å². The van der Waals surface area contributed by atoms with Gasteiger partial charge in [-0.3, -0.25) is 4.98 Å². The Balaban J connectivity index is 2.15. The summed E-state index contributed by atoms with van der Waals surface area (Å²) in [6.07, 6.45) is 4.83. The lowest BCUT2D eigenvalue weighted by Gasteiger charge is -2.09. The number of pyridine rings is 2. The number of rotatable bonds is 6. The smallest absolute Gasteiger partial charge is 0.241 e. The second kappa shape index (κ2) is 6.64. The maximum atomic E-state index is 12.3. The summed E-state index contributed by atoms with van der Waals surface area (Å²) in [6.45, 7) is 4.73. The average Bonchev–Trinajstić information content (AvgIpc) is 2.47. The van der Waals surface area contributed by atoms with Crippen LogP contribution in [0.2, 0.25) is 0 Å². The van der Waals surface area contributed by atoms with E-state index >= 15 is 0 Å². The Hall–Kier alpha value is -1.99. The molecule has 7 heteroatoms. The highest BCUT2D eigenvalue weighted by Gasteiger charge is 2.15. The minimum Gasteiger partial charge on any atom is -0.370 e. The predicted molar refractivity (Wildman–Crippen MR) is 81.4 cm³/mol. The Morgan fingerprint density at radius 3 is 2.76 bits per heavy atom. The molecule has 0 radical (unpaired) electrons. The van der Waals surface area contributed by atoms with E-state index < -0.39 is 10.0 Å². The van der Waals surface area contributed by atoms with Gasteiger partial charge in [0.05, 0.1) is 4.90 Å². The summed E-state index contributed by atoms with van der Waals surface area (Å²) in [7, 11) is -3.57. The van der Waals surface area contributed by atoms with Gasteiger partial charge in [0.1, 0.15) is 5.82 Å². The van der Waals surface area contributed by atoms with Crippen molar-refractivity contribution in [1.29, 1.82) is 0 Å². The topological polar surface area (TPSA) is 84.0 Å². The molecule has 6 nitrogen and oxygen atoms in total. The molecule has 2 heterocycles. The first-order chi connectivity index (χ1) is 10.0. The van der Waals surface area contributed by atoms with Crippen LogP contribution in [-0.2, 0) is 16.6 Å². The highest BCUT2D eigenvalue weighted by atomic mass is 32.2. The highest BCUT2D eigenvalue weighted by molar-refractivity contribution is 7.89. The zero-order chi connectivity index (χ0) is 15.3. The molecule has 0 saturated carbocycles. The second-order valence-corrected chi connectivity index (χ2v) is 6.30. The van der Waals surface area contributed by atoms with E-state index in [4.69, 9.17) is 0 Å². The molecule has 21 heavy (non-hydrogen) atoms. The van der Waals surface area contributed by atoms with E-state index in [0.717, 1.165) is 11.1 Å². The molecule has 2 rings (SSSR count). The van der Waals surface area contributed by atoms with Crippen molar-refractivity contribution in [2.24, 2.45) is 0 Å². The summed E-state index contributed by atoms with van der Waals surface area (Å²) in [5, 5.41) is 2.99. The Labute approximate surface area is 124 Å². The summed E-state index contributed by atoms with van der Waals surface area (Å²) in [5.41, 5.74) is 1.85.